The van der Waals surface area contributed by atoms with E-state index in [9.17, 15) is 5.11 Å². The van der Waals surface area contributed by atoms with Gasteiger partial charge in [-0.05, 0) is 26.2 Å². The molecule has 2 N–H and O–H groups in total. The van der Waals surface area contributed by atoms with Crippen molar-refractivity contribution in [2.24, 2.45) is 0 Å². The van der Waals surface area contributed by atoms with Crippen LogP contribution in [0.5, 0.6) is 0 Å². The Hall–Kier alpha value is -0.370. The maximum Gasteiger partial charge on any atom is 0.208 e. The fraction of sp³-hybridized carbons (Fsp3) is 0.833. The number of thioether (sulfide) groups is 1. The molecule has 1 aliphatic carbocycles. The van der Waals surface area contributed by atoms with Gasteiger partial charge < -0.3 is 15.3 Å². The highest BCUT2D eigenvalue weighted by Crippen LogP contribution is 2.29. The zero-order chi connectivity index (χ0) is 13.9. The zero-order valence-electron chi connectivity index (χ0n) is 11.7. The molecule has 1 saturated carbocycles. The summed E-state index contributed by atoms with van der Waals surface area (Å²) in [5.41, 5.74) is -0.163. The fourth-order valence-corrected chi connectivity index (χ4v) is 3.76. The first-order valence-electron chi connectivity index (χ1n) is 6.54. The van der Waals surface area contributed by atoms with E-state index >= 15 is 0 Å². The standard InChI is InChI=1S/C12H22N4OS2/c1-12(8-17,13-9-4-5-9)6-7-18-11-15-14-10(19-11)16(2)3/h9,13,17H,4-8H2,1-3H3. The van der Waals surface area contributed by atoms with Crippen LogP contribution in [0.4, 0.5) is 5.13 Å². The van der Waals surface area contributed by atoms with E-state index in [0.29, 0.717) is 6.04 Å². The first kappa shape index (κ1) is 15.0. The summed E-state index contributed by atoms with van der Waals surface area (Å²) in [7, 11) is 3.94. The predicted molar refractivity (Wildman–Crippen MR) is 81.2 cm³/mol. The van der Waals surface area contributed by atoms with Crippen molar-refractivity contribution in [2.45, 2.75) is 42.1 Å². The summed E-state index contributed by atoms with van der Waals surface area (Å²) in [4.78, 5) is 1.97. The van der Waals surface area contributed by atoms with Gasteiger partial charge >= 0.3 is 0 Å². The van der Waals surface area contributed by atoms with Crippen molar-refractivity contribution < 1.29 is 5.11 Å². The van der Waals surface area contributed by atoms with Crippen LogP contribution in [0.25, 0.3) is 0 Å². The summed E-state index contributed by atoms with van der Waals surface area (Å²) < 4.78 is 0.996. The van der Waals surface area contributed by atoms with E-state index in [1.165, 1.54) is 12.8 Å². The van der Waals surface area contributed by atoms with Gasteiger partial charge in [0.1, 0.15) is 0 Å². The van der Waals surface area contributed by atoms with Crippen LogP contribution >= 0.6 is 23.1 Å². The van der Waals surface area contributed by atoms with E-state index < -0.39 is 0 Å². The Bertz CT molecular complexity index is 408. The molecule has 1 heterocycles. The minimum absolute atomic E-state index is 0.163. The van der Waals surface area contributed by atoms with Crippen molar-refractivity contribution >= 4 is 28.2 Å². The topological polar surface area (TPSA) is 61.3 Å². The normalized spacial score (nSPS) is 18.3. The third-order valence-electron chi connectivity index (χ3n) is 3.14. The summed E-state index contributed by atoms with van der Waals surface area (Å²) >= 11 is 3.32. The molecule has 7 heteroatoms. The number of nitrogens with zero attached hydrogens (tertiary/aromatic N) is 3. The van der Waals surface area contributed by atoms with Crippen molar-refractivity contribution in [3.63, 3.8) is 0 Å². The Kier molecular flexibility index (Phi) is 5.05. The highest BCUT2D eigenvalue weighted by Gasteiger charge is 2.31. The molecule has 0 saturated heterocycles. The highest BCUT2D eigenvalue weighted by molar-refractivity contribution is 8.01. The smallest absolute Gasteiger partial charge is 0.208 e. The number of hydrogen-bond acceptors (Lipinski definition) is 7. The molecule has 0 amide bonds. The van der Waals surface area contributed by atoms with Gasteiger partial charge in [0.15, 0.2) is 4.34 Å². The van der Waals surface area contributed by atoms with Crippen LogP contribution in [0.2, 0.25) is 0 Å². The van der Waals surface area contributed by atoms with Gasteiger partial charge in [-0.3, -0.25) is 0 Å². The average molecular weight is 302 g/mol. The Morgan fingerprint density at radius 3 is 2.74 bits per heavy atom. The largest absolute Gasteiger partial charge is 0.394 e. The monoisotopic (exact) mass is 302 g/mol. The second-order valence-electron chi connectivity index (χ2n) is 5.48. The molecule has 0 radical (unpaired) electrons. The van der Waals surface area contributed by atoms with Crippen LogP contribution in [0.1, 0.15) is 26.2 Å². The van der Waals surface area contributed by atoms with Crippen LogP contribution in [-0.2, 0) is 0 Å². The number of nitrogens with one attached hydrogen (secondary N) is 1. The number of aliphatic hydroxyl groups excluding tert-OH is 1. The number of aliphatic hydroxyl groups is 1. The predicted octanol–water partition coefficient (Wildman–Crippen LogP) is 1.59. The van der Waals surface area contributed by atoms with Crippen LogP contribution in [0, 0.1) is 0 Å². The van der Waals surface area contributed by atoms with Gasteiger partial charge in [-0.15, -0.1) is 10.2 Å². The summed E-state index contributed by atoms with van der Waals surface area (Å²) in [6.45, 7) is 2.28. The lowest BCUT2D eigenvalue weighted by molar-refractivity contribution is 0.169. The van der Waals surface area contributed by atoms with Crippen LogP contribution in [0.15, 0.2) is 4.34 Å². The van der Waals surface area contributed by atoms with E-state index in [4.69, 9.17) is 0 Å². The van der Waals surface area contributed by atoms with E-state index in [0.717, 1.165) is 21.6 Å². The van der Waals surface area contributed by atoms with Crippen LogP contribution < -0.4 is 10.2 Å². The minimum Gasteiger partial charge on any atom is -0.394 e. The third-order valence-corrected chi connectivity index (χ3v) is 5.36. The molecule has 5 nitrogen and oxygen atoms in total. The van der Waals surface area contributed by atoms with Gasteiger partial charge in [-0.1, -0.05) is 23.1 Å². The second-order valence-corrected chi connectivity index (χ2v) is 7.78. The second kappa shape index (κ2) is 6.39. The summed E-state index contributed by atoms with van der Waals surface area (Å²) in [6.07, 6.45) is 3.41. The number of hydrogen-bond donors (Lipinski definition) is 2. The van der Waals surface area contributed by atoms with E-state index in [2.05, 4.69) is 22.4 Å². The number of anilines is 1. The average Bonchev–Trinajstić information content (AvgIpc) is 3.04. The number of aromatic nitrogens is 2. The molecule has 19 heavy (non-hydrogen) atoms. The quantitative estimate of drug-likeness (QED) is 0.711. The maximum atomic E-state index is 9.53. The van der Waals surface area contributed by atoms with Crippen LogP contribution in [-0.4, -0.2) is 53.3 Å². The lowest BCUT2D eigenvalue weighted by Gasteiger charge is -2.28. The lowest BCUT2D eigenvalue weighted by Crippen LogP contribution is -2.47. The van der Waals surface area contributed by atoms with Gasteiger partial charge in [0.25, 0.3) is 0 Å². The molecular formula is C12H22N4OS2. The van der Waals surface area contributed by atoms with E-state index in [-0.39, 0.29) is 12.1 Å². The Morgan fingerprint density at radius 2 is 2.21 bits per heavy atom. The molecule has 1 unspecified atom stereocenters. The Morgan fingerprint density at radius 1 is 1.47 bits per heavy atom. The SMILES string of the molecule is CN(C)c1nnc(SCCC(C)(CO)NC2CC2)s1. The number of rotatable bonds is 8. The van der Waals surface area contributed by atoms with Gasteiger partial charge in [0.05, 0.1) is 6.61 Å². The lowest BCUT2D eigenvalue weighted by atomic mass is 10.0. The van der Waals surface area contributed by atoms with Crippen molar-refractivity contribution in [2.75, 3.05) is 31.4 Å². The van der Waals surface area contributed by atoms with Gasteiger partial charge in [-0.2, -0.15) is 0 Å². The third kappa shape index (κ3) is 4.59. The molecule has 1 fully saturated rings. The first-order valence-corrected chi connectivity index (χ1v) is 8.35. The highest BCUT2D eigenvalue weighted by atomic mass is 32.2. The zero-order valence-corrected chi connectivity index (χ0v) is 13.4. The molecule has 0 aliphatic heterocycles. The van der Waals surface area contributed by atoms with Crippen molar-refractivity contribution in [3.05, 3.63) is 0 Å². The molecule has 1 atom stereocenters. The maximum absolute atomic E-state index is 9.53. The summed E-state index contributed by atoms with van der Waals surface area (Å²) in [6, 6.07) is 0.615. The molecule has 0 spiro atoms. The van der Waals surface area contributed by atoms with E-state index in [1.54, 1.807) is 23.1 Å². The van der Waals surface area contributed by atoms with Crippen molar-refractivity contribution in [3.8, 4) is 0 Å². The molecule has 2 rings (SSSR count). The van der Waals surface area contributed by atoms with Crippen molar-refractivity contribution in [1.82, 2.24) is 15.5 Å². The molecule has 0 bridgehead atoms. The Balaban J connectivity index is 1.77. The molecule has 108 valence electrons. The van der Waals surface area contributed by atoms with Crippen molar-refractivity contribution in [1.29, 1.82) is 0 Å². The molecule has 1 aromatic heterocycles. The fourth-order valence-electron chi connectivity index (χ4n) is 1.72. The van der Waals surface area contributed by atoms with Gasteiger partial charge in [0, 0.05) is 31.4 Å². The first-order chi connectivity index (χ1) is 9.02. The summed E-state index contributed by atoms with van der Waals surface area (Å²) in [5.74, 6) is 0.943. The Labute approximate surface area is 122 Å². The molecular weight excluding hydrogens is 280 g/mol. The van der Waals surface area contributed by atoms with Gasteiger partial charge in [0.2, 0.25) is 5.13 Å². The van der Waals surface area contributed by atoms with E-state index in [1.807, 2.05) is 19.0 Å². The molecule has 1 aromatic rings. The minimum atomic E-state index is -0.163. The van der Waals surface area contributed by atoms with Crippen LogP contribution in [0.3, 0.4) is 0 Å². The van der Waals surface area contributed by atoms with Gasteiger partial charge in [-0.25, -0.2) is 0 Å². The molecule has 1 aliphatic rings. The molecule has 0 aromatic carbocycles. The summed E-state index contributed by atoms with van der Waals surface area (Å²) in [5, 5.41) is 22.3.